The first-order valence-electron chi connectivity index (χ1n) is 8.33. The lowest BCUT2D eigenvalue weighted by Gasteiger charge is -2.21. The molecule has 2 aromatic carbocycles. The lowest BCUT2D eigenvalue weighted by atomic mass is 9.85. The number of aryl methyl sites for hydroxylation is 1. The highest BCUT2D eigenvalue weighted by atomic mass is 32.2. The monoisotopic (exact) mass is 409 g/mol. The Morgan fingerprint density at radius 2 is 1.82 bits per heavy atom. The molecule has 3 rings (SSSR count). The number of sulfonamides is 1. The fraction of sp³-hybridized carbons (Fsp3) is 0.211. The van der Waals surface area contributed by atoms with Crippen molar-refractivity contribution in [2.45, 2.75) is 25.3 Å². The van der Waals surface area contributed by atoms with Crippen LogP contribution in [0.15, 0.2) is 55.0 Å². The van der Waals surface area contributed by atoms with Crippen molar-refractivity contribution in [3.8, 4) is 0 Å². The molecule has 0 spiro atoms. The third-order valence-corrected chi connectivity index (χ3v) is 5.68. The third-order valence-electron chi connectivity index (χ3n) is 4.56. The highest BCUT2D eigenvalue weighted by molar-refractivity contribution is 7.93. The molecule has 0 bridgehead atoms. The van der Waals surface area contributed by atoms with E-state index in [-0.39, 0.29) is 11.6 Å². The molecule has 0 saturated heterocycles. The van der Waals surface area contributed by atoms with E-state index in [0.29, 0.717) is 5.56 Å². The molecule has 1 atom stereocenters. The topological polar surface area (TPSA) is 74.8 Å². The molecule has 0 amide bonds. The second-order valence-corrected chi connectivity index (χ2v) is 8.08. The Bertz CT molecular complexity index is 1080. The molecule has 2 N–H and O–H groups in total. The summed E-state index contributed by atoms with van der Waals surface area (Å²) in [6, 6.07) is 11.7. The van der Waals surface area contributed by atoms with Crippen molar-refractivity contribution < 1.29 is 21.6 Å². The summed E-state index contributed by atoms with van der Waals surface area (Å²) in [4.78, 5) is 7.09. The predicted octanol–water partition coefficient (Wildman–Crippen LogP) is 4.47. The van der Waals surface area contributed by atoms with Crippen molar-refractivity contribution in [3.05, 3.63) is 82.9 Å². The van der Waals surface area contributed by atoms with Crippen molar-refractivity contribution >= 4 is 15.7 Å². The molecule has 0 aliphatic carbocycles. The Morgan fingerprint density at radius 3 is 2.46 bits per heavy atom. The standard InChI is InChI=1S/C19H18F3N3O2S/c1-12-5-3-8-16(13(12)2)18(17-10-23-11-24-17)14-6-4-7-15(9-14)25-28(26,27)19(20,21)22/h3-11,18,25H,1-2H3,(H,23,24). The first-order valence-corrected chi connectivity index (χ1v) is 9.82. The van der Waals surface area contributed by atoms with E-state index in [0.717, 1.165) is 22.4 Å². The maximum absolute atomic E-state index is 12.7. The number of benzene rings is 2. The first kappa shape index (κ1) is 19.9. The summed E-state index contributed by atoms with van der Waals surface area (Å²) in [5.74, 6) is -0.349. The molecule has 1 heterocycles. The minimum Gasteiger partial charge on any atom is -0.348 e. The predicted molar refractivity (Wildman–Crippen MR) is 100 cm³/mol. The average molecular weight is 409 g/mol. The van der Waals surface area contributed by atoms with Gasteiger partial charge in [-0.15, -0.1) is 0 Å². The van der Waals surface area contributed by atoms with Crippen molar-refractivity contribution in [2.24, 2.45) is 0 Å². The number of nitrogens with zero attached hydrogens (tertiary/aromatic N) is 1. The van der Waals surface area contributed by atoms with Crippen LogP contribution in [0.1, 0.15) is 33.9 Å². The number of aromatic amines is 1. The minimum absolute atomic E-state index is 0.162. The second kappa shape index (κ2) is 7.31. The fourth-order valence-electron chi connectivity index (χ4n) is 3.03. The maximum Gasteiger partial charge on any atom is 0.516 e. The molecule has 0 aliphatic heterocycles. The van der Waals surface area contributed by atoms with Gasteiger partial charge < -0.3 is 4.98 Å². The lowest BCUT2D eigenvalue weighted by Crippen LogP contribution is -2.29. The van der Waals surface area contributed by atoms with Crippen molar-refractivity contribution in [1.29, 1.82) is 0 Å². The zero-order chi connectivity index (χ0) is 20.5. The number of hydrogen-bond acceptors (Lipinski definition) is 3. The van der Waals surface area contributed by atoms with E-state index in [9.17, 15) is 21.6 Å². The summed E-state index contributed by atoms with van der Waals surface area (Å²) in [6.07, 6.45) is 3.16. The molecule has 1 unspecified atom stereocenters. The third kappa shape index (κ3) is 3.89. The molecule has 5 nitrogen and oxygen atoms in total. The zero-order valence-corrected chi connectivity index (χ0v) is 15.9. The number of aromatic nitrogens is 2. The van der Waals surface area contributed by atoms with E-state index < -0.39 is 15.5 Å². The second-order valence-electron chi connectivity index (χ2n) is 6.41. The minimum atomic E-state index is -5.50. The highest BCUT2D eigenvalue weighted by Crippen LogP contribution is 2.35. The normalized spacial score (nSPS) is 13.3. The van der Waals surface area contributed by atoms with Gasteiger partial charge in [0.05, 0.1) is 12.2 Å². The lowest BCUT2D eigenvalue weighted by molar-refractivity contribution is -0.0429. The SMILES string of the molecule is Cc1cccc(C(c2cccc(NS(=O)(=O)C(F)(F)F)c2)c2cnc[nH]2)c1C. The summed E-state index contributed by atoms with van der Waals surface area (Å²) < 4.78 is 62.6. The Balaban J connectivity index is 2.09. The van der Waals surface area contributed by atoms with Gasteiger partial charge in [0, 0.05) is 17.6 Å². The molecule has 0 fully saturated rings. The Labute approximate surface area is 160 Å². The number of halogens is 3. The van der Waals surface area contributed by atoms with Gasteiger partial charge in [-0.25, -0.2) is 4.98 Å². The number of hydrogen-bond donors (Lipinski definition) is 2. The van der Waals surface area contributed by atoms with Crippen LogP contribution in [0.4, 0.5) is 18.9 Å². The van der Waals surface area contributed by atoms with Gasteiger partial charge in [-0.1, -0.05) is 30.3 Å². The van der Waals surface area contributed by atoms with Gasteiger partial charge in [-0.05, 0) is 48.2 Å². The van der Waals surface area contributed by atoms with Gasteiger partial charge in [-0.2, -0.15) is 21.6 Å². The van der Waals surface area contributed by atoms with E-state index >= 15 is 0 Å². The van der Waals surface area contributed by atoms with Gasteiger partial charge in [0.2, 0.25) is 0 Å². The van der Waals surface area contributed by atoms with E-state index in [2.05, 4.69) is 9.97 Å². The fourth-order valence-corrected chi connectivity index (χ4v) is 3.59. The number of alkyl halides is 3. The highest BCUT2D eigenvalue weighted by Gasteiger charge is 2.46. The molecular weight excluding hydrogens is 391 g/mol. The Kier molecular flexibility index (Phi) is 5.20. The number of H-pyrrole nitrogens is 1. The van der Waals surface area contributed by atoms with Crippen LogP contribution in [0.2, 0.25) is 0 Å². The Morgan fingerprint density at radius 1 is 1.11 bits per heavy atom. The van der Waals surface area contributed by atoms with Crippen molar-refractivity contribution in [2.75, 3.05) is 4.72 Å². The smallest absolute Gasteiger partial charge is 0.348 e. The van der Waals surface area contributed by atoms with Crippen molar-refractivity contribution in [1.82, 2.24) is 9.97 Å². The molecule has 0 saturated carbocycles. The molecule has 9 heteroatoms. The quantitative estimate of drug-likeness (QED) is 0.653. The van der Waals surface area contributed by atoms with Gasteiger partial charge >= 0.3 is 15.5 Å². The number of rotatable bonds is 5. The summed E-state index contributed by atoms with van der Waals surface area (Å²) in [7, 11) is -5.50. The van der Waals surface area contributed by atoms with Crippen molar-refractivity contribution in [3.63, 3.8) is 0 Å². The van der Waals surface area contributed by atoms with Gasteiger partial charge in [-0.3, -0.25) is 4.72 Å². The molecule has 3 aromatic rings. The number of nitrogens with one attached hydrogen (secondary N) is 2. The molecule has 1 aromatic heterocycles. The largest absolute Gasteiger partial charge is 0.516 e. The number of imidazole rings is 1. The Hall–Kier alpha value is -2.81. The van der Waals surface area contributed by atoms with E-state index in [1.165, 1.54) is 24.5 Å². The van der Waals surface area contributed by atoms with E-state index in [4.69, 9.17) is 0 Å². The van der Waals surface area contributed by atoms with Crippen LogP contribution >= 0.6 is 0 Å². The molecule has 28 heavy (non-hydrogen) atoms. The maximum atomic E-state index is 12.7. The average Bonchev–Trinajstić information content (AvgIpc) is 3.12. The summed E-state index contributed by atoms with van der Waals surface area (Å²) in [5.41, 5.74) is -1.15. The number of anilines is 1. The van der Waals surface area contributed by atoms with E-state index in [1.807, 2.05) is 32.0 Å². The van der Waals surface area contributed by atoms with Crippen LogP contribution in [0, 0.1) is 13.8 Å². The first-order chi connectivity index (χ1) is 13.1. The summed E-state index contributed by atoms with van der Waals surface area (Å²) >= 11 is 0. The van der Waals surface area contributed by atoms with Crippen LogP contribution in [0.25, 0.3) is 0 Å². The van der Waals surface area contributed by atoms with Crippen LogP contribution in [-0.2, 0) is 10.0 Å². The molecule has 0 aliphatic rings. The van der Waals surface area contributed by atoms with Gasteiger partial charge in [0.1, 0.15) is 0 Å². The molecular formula is C19H18F3N3O2S. The van der Waals surface area contributed by atoms with Crippen LogP contribution in [0.3, 0.4) is 0 Å². The molecule has 148 valence electrons. The summed E-state index contributed by atoms with van der Waals surface area (Å²) in [6.45, 7) is 3.93. The van der Waals surface area contributed by atoms with E-state index in [1.54, 1.807) is 17.0 Å². The van der Waals surface area contributed by atoms with Crippen LogP contribution in [0.5, 0.6) is 0 Å². The molecule has 0 radical (unpaired) electrons. The van der Waals surface area contributed by atoms with Gasteiger partial charge in [0.15, 0.2) is 0 Å². The van der Waals surface area contributed by atoms with Crippen LogP contribution in [-0.4, -0.2) is 23.9 Å². The van der Waals surface area contributed by atoms with Gasteiger partial charge in [0.25, 0.3) is 0 Å². The summed E-state index contributed by atoms with van der Waals surface area (Å²) in [5, 5.41) is 0. The zero-order valence-electron chi connectivity index (χ0n) is 15.1. The van der Waals surface area contributed by atoms with Crippen LogP contribution < -0.4 is 4.72 Å².